The van der Waals surface area contributed by atoms with Gasteiger partial charge in [0, 0.05) is 12.5 Å². The van der Waals surface area contributed by atoms with E-state index in [2.05, 4.69) is 32.0 Å². The predicted molar refractivity (Wildman–Crippen MR) is 90.5 cm³/mol. The standard InChI is InChI=1S/C20H24F2O/c1-14(2)17-10-9-16(19(13-17)23-4)8-5-15-6-11-18(12-7-15)20(3,21)22/h6-7,9-14H,5,8H2,1-4H3. The molecule has 0 heterocycles. The van der Waals surface area contributed by atoms with Crippen LogP contribution < -0.4 is 4.74 Å². The molecule has 124 valence electrons. The number of ether oxygens (including phenoxy) is 1. The van der Waals surface area contributed by atoms with Gasteiger partial charge >= 0.3 is 0 Å². The molecule has 0 saturated heterocycles. The molecular formula is C20H24F2O. The summed E-state index contributed by atoms with van der Waals surface area (Å²) in [6.45, 7) is 5.22. The van der Waals surface area contributed by atoms with Gasteiger partial charge in [-0.15, -0.1) is 0 Å². The Morgan fingerprint density at radius 1 is 1.00 bits per heavy atom. The molecule has 2 aromatic carbocycles. The number of hydrogen-bond donors (Lipinski definition) is 0. The zero-order chi connectivity index (χ0) is 17.0. The lowest BCUT2D eigenvalue weighted by Crippen LogP contribution is -2.06. The summed E-state index contributed by atoms with van der Waals surface area (Å²) in [6.07, 6.45) is 1.62. The summed E-state index contributed by atoms with van der Waals surface area (Å²) in [5, 5.41) is 0. The second-order valence-electron chi connectivity index (χ2n) is 6.31. The summed E-state index contributed by atoms with van der Waals surface area (Å²) in [5.74, 6) is -1.43. The van der Waals surface area contributed by atoms with Gasteiger partial charge in [-0.2, -0.15) is 0 Å². The summed E-state index contributed by atoms with van der Waals surface area (Å²) < 4.78 is 31.9. The van der Waals surface area contributed by atoms with E-state index in [-0.39, 0.29) is 5.56 Å². The van der Waals surface area contributed by atoms with Crippen molar-refractivity contribution in [1.82, 2.24) is 0 Å². The highest BCUT2D eigenvalue weighted by Gasteiger charge is 2.23. The largest absolute Gasteiger partial charge is 0.496 e. The van der Waals surface area contributed by atoms with Gasteiger partial charge in [0.25, 0.3) is 5.92 Å². The maximum absolute atomic E-state index is 13.2. The van der Waals surface area contributed by atoms with Crippen LogP contribution in [0.5, 0.6) is 5.75 Å². The van der Waals surface area contributed by atoms with E-state index in [1.165, 1.54) is 17.7 Å². The van der Waals surface area contributed by atoms with E-state index in [4.69, 9.17) is 4.74 Å². The van der Waals surface area contributed by atoms with Crippen LogP contribution in [-0.2, 0) is 18.8 Å². The maximum atomic E-state index is 13.2. The van der Waals surface area contributed by atoms with Crippen molar-refractivity contribution in [2.24, 2.45) is 0 Å². The van der Waals surface area contributed by atoms with Gasteiger partial charge in [0.1, 0.15) is 5.75 Å². The van der Waals surface area contributed by atoms with Crippen molar-refractivity contribution in [3.8, 4) is 5.75 Å². The molecule has 0 unspecified atom stereocenters. The van der Waals surface area contributed by atoms with Crippen LogP contribution in [0, 0.1) is 0 Å². The number of halogens is 2. The van der Waals surface area contributed by atoms with Crippen LogP contribution in [0.1, 0.15) is 48.9 Å². The minimum atomic E-state index is -2.78. The van der Waals surface area contributed by atoms with Crippen LogP contribution in [-0.4, -0.2) is 7.11 Å². The smallest absolute Gasteiger partial charge is 0.270 e. The van der Waals surface area contributed by atoms with E-state index in [9.17, 15) is 8.78 Å². The Morgan fingerprint density at radius 2 is 1.65 bits per heavy atom. The molecule has 3 heteroatoms. The Kier molecular flexibility index (Phi) is 5.40. The van der Waals surface area contributed by atoms with Gasteiger partial charge in [-0.05, 0) is 41.5 Å². The van der Waals surface area contributed by atoms with E-state index < -0.39 is 5.92 Å². The number of aryl methyl sites for hydroxylation is 2. The summed E-state index contributed by atoms with van der Waals surface area (Å²) in [4.78, 5) is 0. The first-order chi connectivity index (χ1) is 10.8. The zero-order valence-corrected chi connectivity index (χ0v) is 14.2. The zero-order valence-electron chi connectivity index (χ0n) is 14.2. The van der Waals surface area contributed by atoms with Crippen molar-refractivity contribution < 1.29 is 13.5 Å². The summed E-state index contributed by atoms with van der Waals surface area (Å²) in [7, 11) is 1.68. The molecule has 0 aromatic heterocycles. The van der Waals surface area contributed by atoms with Crippen LogP contribution in [0.4, 0.5) is 8.78 Å². The number of alkyl halides is 2. The van der Waals surface area contributed by atoms with E-state index in [0.717, 1.165) is 36.6 Å². The predicted octanol–water partition coefficient (Wildman–Crippen LogP) is 5.72. The molecule has 0 bridgehead atoms. The average Bonchev–Trinajstić information content (AvgIpc) is 2.52. The number of benzene rings is 2. The first-order valence-electron chi connectivity index (χ1n) is 7.95. The van der Waals surface area contributed by atoms with E-state index >= 15 is 0 Å². The molecule has 23 heavy (non-hydrogen) atoms. The monoisotopic (exact) mass is 318 g/mol. The quantitative estimate of drug-likeness (QED) is 0.662. The molecule has 0 aliphatic heterocycles. The molecule has 1 nitrogen and oxygen atoms in total. The van der Waals surface area contributed by atoms with Gasteiger partial charge in [-0.25, -0.2) is 8.78 Å². The Balaban J connectivity index is 2.08. The average molecular weight is 318 g/mol. The summed E-state index contributed by atoms with van der Waals surface area (Å²) in [5.41, 5.74) is 3.50. The Hall–Kier alpha value is -1.90. The van der Waals surface area contributed by atoms with Crippen LogP contribution in [0.15, 0.2) is 42.5 Å². The second kappa shape index (κ2) is 7.12. The van der Waals surface area contributed by atoms with E-state index in [1.807, 2.05) is 0 Å². The fourth-order valence-electron chi connectivity index (χ4n) is 2.57. The lowest BCUT2D eigenvalue weighted by Gasteiger charge is -2.13. The molecule has 0 atom stereocenters. The van der Waals surface area contributed by atoms with Crippen molar-refractivity contribution in [2.75, 3.05) is 7.11 Å². The summed E-state index contributed by atoms with van der Waals surface area (Å²) in [6, 6.07) is 12.9. The lowest BCUT2D eigenvalue weighted by atomic mass is 9.97. The molecule has 0 amide bonds. The third kappa shape index (κ3) is 4.54. The van der Waals surface area contributed by atoms with Crippen molar-refractivity contribution in [1.29, 1.82) is 0 Å². The van der Waals surface area contributed by atoms with Crippen molar-refractivity contribution in [3.05, 3.63) is 64.7 Å². The highest BCUT2D eigenvalue weighted by Crippen LogP contribution is 2.28. The normalized spacial score (nSPS) is 11.8. The first-order valence-corrected chi connectivity index (χ1v) is 7.95. The maximum Gasteiger partial charge on any atom is 0.270 e. The fourth-order valence-corrected chi connectivity index (χ4v) is 2.57. The molecule has 0 N–H and O–H groups in total. The minimum absolute atomic E-state index is 0.0557. The van der Waals surface area contributed by atoms with Crippen molar-refractivity contribution in [3.63, 3.8) is 0 Å². The van der Waals surface area contributed by atoms with Crippen molar-refractivity contribution in [2.45, 2.75) is 45.5 Å². The topological polar surface area (TPSA) is 9.23 Å². The Bertz CT molecular complexity index is 640. The number of hydrogen-bond acceptors (Lipinski definition) is 1. The van der Waals surface area contributed by atoms with Gasteiger partial charge in [-0.3, -0.25) is 0 Å². The SMILES string of the molecule is COc1cc(C(C)C)ccc1CCc1ccc(C(C)(F)F)cc1. The highest BCUT2D eigenvalue weighted by molar-refractivity contribution is 5.39. The minimum Gasteiger partial charge on any atom is -0.496 e. The summed E-state index contributed by atoms with van der Waals surface area (Å²) >= 11 is 0. The second-order valence-corrected chi connectivity index (χ2v) is 6.31. The van der Waals surface area contributed by atoms with Gasteiger partial charge in [0.05, 0.1) is 7.11 Å². The van der Waals surface area contributed by atoms with Crippen LogP contribution in [0.25, 0.3) is 0 Å². The lowest BCUT2D eigenvalue weighted by molar-refractivity contribution is 0.0174. The van der Waals surface area contributed by atoms with E-state index in [1.54, 1.807) is 19.2 Å². The third-order valence-corrected chi connectivity index (χ3v) is 4.12. The van der Waals surface area contributed by atoms with Crippen LogP contribution >= 0.6 is 0 Å². The van der Waals surface area contributed by atoms with Crippen LogP contribution in [0.3, 0.4) is 0 Å². The molecule has 2 rings (SSSR count). The number of rotatable bonds is 6. The molecule has 2 aromatic rings. The Labute approximate surface area is 137 Å². The molecule has 0 saturated carbocycles. The molecule has 0 spiro atoms. The molecule has 0 radical (unpaired) electrons. The Morgan fingerprint density at radius 3 is 2.17 bits per heavy atom. The van der Waals surface area contributed by atoms with Gasteiger partial charge in [0.2, 0.25) is 0 Å². The van der Waals surface area contributed by atoms with Gasteiger partial charge in [0.15, 0.2) is 0 Å². The molecule has 0 aliphatic carbocycles. The third-order valence-electron chi connectivity index (χ3n) is 4.12. The molecular weight excluding hydrogens is 294 g/mol. The van der Waals surface area contributed by atoms with Crippen molar-refractivity contribution >= 4 is 0 Å². The first kappa shape index (κ1) is 17.5. The number of methoxy groups -OCH3 is 1. The van der Waals surface area contributed by atoms with Gasteiger partial charge < -0.3 is 4.74 Å². The van der Waals surface area contributed by atoms with Crippen LogP contribution in [0.2, 0.25) is 0 Å². The fraction of sp³-hybridized carbons (Fsp3) is 0.400. The molecule has 0 fully saturated rings. The van der Waals surface area contributed by atoms with E-state index in [0.29, 0.717) is 5.92 Å². The van der Waals surface area contributed by atoms with Gasteiger partial charge in [-0.1, -0.05) is 50.2 Å². The molecule has 0 aliphatic rings. The highest BCUT2D eigenvalue weighted by atomic mass is 19.3.